The van der Waals surface area contributed by atoms with E-state index in [0.717, 1.165) is 0 Å². The molecule has 0 fully saturated rings. The summed E-state index contributed by atoms with van der Waals surface area (Å²) < 4.78 is 15.4. The molecule has 0 saturated carbocycles. The van der Waals surface area contributed by atoms with E-state index in [1.807, 2.05) is 0 Å². The predicted molar refractivity (Wildman–Crippen MR) is 85.5 cm³/mol. The number of benzene rings is 2. The van der Waals surface area contributed by atoms with Crippen molar-refractivity contribution in [3.05, 3.63) is 63.7 Å². The van der Waals surface area contributed by atoms with Gasteiger partial charge < -0.3 is 14.2 Å². The van der Waals surface area contributed by atoms with Crippen molar-refractivity contribution in [2.45, 2.75) is 0 Å². The third-order valence-electron chi connectivity index (χ3n) is 3.52. The molecule has 0 spiro atoms. The van der Waals surface area contributed by atoms with E-state index in [-0.39, 0.29) is 18.1 Å². The lowest BCUT2D eigenvalue weighted by molar-refractivity contribution is -0.385. The highest BCUT2D eigenvalue weighted by Crippen LogP contribution is 2.35. The van der Waals surface area contributed by atoms with Crippen LogP contribution in [0.5, 0.6) is 11.5 Å². The van der Waals surface area contributed by atoms with Gasteiger partial charge >= 0.3 is 5.97 Å². The highest BCUT2D eigenvalue weighted by Gasteiger charge is 2.20. The molecule has 122 valence electrons. The van der Waals surface area contributed by atoms with E-state index in [9.17, 15) is 14.9 Å². The molecule has 3 rings (SSSR count). The molecule has 0 radical (unpaired) electrons. The molecule has 1 aliphatic heterocycles. The van der Waals surface area contributed by atoms with E-state index in [0.29, 0.717) is 22.6 Å². The van der Waals surface area contributed by atoms with Crippen LogP contribution >= 0.6 is 0 Å². The third-order valence-corrected chi connectivity index (χ3v) is 3.52. The molecular weight excluding hydrogens is 314 g/mol. The lowest BCUT2D eigenvalue weighted by Gasteiger charge is -2.07. The van der Waals surface area contributed by atoms with Crippen LogP contribution in [0.25, 0.3) is 11.6 Å². The maximum atomic E-state index is 12.2. The maximum absolute atomic E-state index is 12.2. The smallest absolute Gasteiger partial charge is 0.338 e. The molecule has 0 aliphatic carbocycles. The van der Waals surface area contributed by atoms with Crippen molar-refractivity contribution in [3.8, 4) is 11.5 Å². The summed E-state index contributed by atoms with van der Waals surface area (Å²) in [5, 5.41) is 11.2. The van der Waals surface area contributed by atoms with Crippen molar-refractivity contribution in [2.24, 2.45) is 0 Å². The van der Waals surface area contributed by atoms with Crippen LogP contribution in [0.3, 0.4) is 0 Å². The molecule has 0 amide bonds. The molecule has 2 aromatic rings. The number of fused-ring (bicyclic) bond motifs is 1. The van der Waals surface area contributed by atoms with Crippen LogP contribution in [-0.4, -0.2) is 24.8 Å². The van der Waals surface area contributed by atoms with Gasteiger partial charge in [-0.3, -0.25) is 10.1 Å². The van der Waals surface area contributed by atoms with Crippen LogP contribution in [0.1, 0.15) is 11.1 Å². The van der Waals surface area contributed by atoms with Gasteiger partial charge in [-0.1, -0.05) is 18.2 Å². The number of carbonyl (C=O) groups is 1. The Morgan fingerprint density at radius 3 is 2.71 bits per heavy atom. The molecule has 1 heterocycles. The first-order valence-electron chi connectivity index (χ1n) is 7.03. The van der Waals surface area contributed by atoms with Gasteiger partial charge in [0.1, 0.15) is 0 Å². The monoisotopic (exact) mass is 327 g/mol. The summed E-state index contributed by atoms with van der Waals surface area (Å²) in [6, 6.07) is 11.1. The summed E-state index contributed by atoms with van der Waals surface area (Å²) in [6.45, 7) is 0.111. The zero-order valence-corrected chi connectivity index (χ0v) is 12.7. The highest BCUT2D eigenvalue weighted by atomic mass is 16.7. The number of nitro groups is 1. The fraction of sp³-hybridized carbons (Fsp3) is 0.118. The second-order valence-electron chi connectivity index (χ2n) is 4.93. The second kappa shape index (κ2) is 6.41. The molecule has 0 N–H and O–H groups in total. The van der Waals surface area contributed by atoms with Gasteiger partial charge in [0.25, 0.3) is 5.69 Å². The summed E-state index contributed by atoms with van der Waals surface area (Å²) in [5.74, 6) is 0.477. The first-order valence-corrected chi connectivity index (χ1v) is 7.03. The number of nitro benzene ring substituents is 1. The Labute approximate surface area is 137 Å². The lowest BCUT2D eigenvalue weighted by Crippen LogP contribution is -2.04. The Balaban J connectivity index is 2.11. The van der Waals surface area contributed by atoms with Crippen molar-refractivity contribution >= 4 is 23.3 Å². The number of rotatable bonds is 4. The van der Waals surface area contributed by atoms with Gasteiger partial charge in [-0.2, -0.15) is 0 Å². The Morgan fingerprint density at radius 2 is 1.96 bits per heavy atom. The number of esters is 1. The molecule has 0 aromatic heterocycles. The first kappa shape index (κ1) is 15.5. The molecule has 0 atom stereocenters. The van der Waals surface area contributed by atoms with Gasteiger partial charge in [0.15, 0.2) is 11.5 Å². The van der Waals surface area contributed by atoms with Crippen LogP contribution in [0, 0.1) is 10.1 Å². The van der Waals surface area contributed by atoms with E-state index in [1.165, 1.54) is 19.3 Å². The molecule has 0 unspecified atom stereocenters. The average Bonchev–Trinajstić information content (AvgIpc) is 3.06. The predicted octanol–water partition coefficient (Wildman–Crippen LogP) is 3.04. The average molecular weight is 327 g/mol. The lowest BCUT2D eigenvalue weighted by atomic mass is 10.0. The van der Waals surface area contributed by atoms with Crippen molar-refractivity contribution in [2.75, 3.05) is 13.9 Å². The van der Waals surface area contributed by atoms with Gasteiger partial charge in [0.05, 0.1) is 23.2 Å². The Bertz CT molecular complexity index is 843. The van der Waals surface area contributed by atoms with E-state index in [1.54, 1.807) is 36.4 Å². The summed E-state index contributed by atoms with van der Waals surface area (Å²) in [7, 11) is 1.25. The van der Waals surface area contributed by atoms with Gasteiger partial charge in [0.2, 0.25) is 6.79 Å². The van der Waals surface area contributed by atoms with Gasteiger partial charge in [0, 0.05) is 6.07 Å². The van der Waals surface area contributed by atoms with Crippen LogP contribution < -0.4 is 9.47 Å². The van der Waals surface area contributed by atoms with E-state index in [4.69, 9.17) is 14.2 Å². The molecule has 1 aliphatic rings. The standard InChI is InChI=1S/C17H13NO6/c1-22-17(19)13(8-12-4-2-3-5-14(12)18(20)21)11-6-7-15-16(9-11)24-10-23-15/h2-9H,10H2,1H3/b13-8-. The zero-order chi connectivity index (χ0) is 17.1. The van der Waals surface area contributed by atoms with E-state index < -0.39 is 10.9 Å². The minimum atomic E-state index is -0.605. The van der Waals surface area contributed by atoms with Gasteiger partial charge in [-0.15, -0.1) is 0 Å². The quantitative estimate of drug-likeness (QED) is 0.282. The molecule has 2 aromatic carbocycles. The molecule has 0 bridgehead atoms. The SMILES string of the molecule is COC(=O)/C(=C\c1ccccc1[N+](=O)[O-])c1ccc2c(c1)OCO2. The largest absolute Gasteiger partial charge is 0.465 e. The number of ether oxygens (including phenoxy) is 3. The minimum Gasteiger partial charge on any atom is -0.465 e. The summed E-state index contributed by atoms with van der Waals surface area (Å²) in [4.78, 5) is 22.8. The number of para-hydroxylation sites is 1. The van der Waals surface area contributed by atoms with Crippen molar-refractivity contribution in [3.63, 3.8) is 0 Å². The van der Waals surface area contributed by atoms with Crippen molar-refractivity contribution < 1.29 is 23.9 Å². The van der Waals surface area contributed by atoms with E-state index >= 15 is 0 Å². The number of methoxy groups -OCH3 is 1. The van der Waals surface area contributed by atoms with Gasteiger partial charge in [-0.05, 0) is 29.8 Å². The third kappa shape index (κ3) is 2.91. The van der Waals surface area contributed by atoms with E-state index in [2.05, 4.69) is 0 Å². The molecule has 0 saturated heterocycles. The first-order chi connectivity index (χ1) is 11.6. The second-order valence-corrected chi connectivity index (χ2v) is 4.93. The number of nitrogens with zero attached hydrogens (tertiary/aromatic N) is 1. The van der Waals surface area contributed by atoms with Crippen LogP contribution in [-0.2, 0) is 9.53 Å². The Morgan fingerprint density at radius 1 is 1.21 bits per heavy atom. The molecule has 7 nitrogen and oxygen atoms in total. The molecule has 7 heteroatoms. The zero-order valence-electron chi connectivity index (χ0n) is 12.7. The summed E-state index contributed by atoms with van der Waals surface area (Å²) in [6.07, 6.45) is 1.43. The normalized spacial score (nSPS) is 12.8. The van der Waals surface area contributed by atoms with Crippen molar-refractivity contribution in [1.82, 2.24) is 0 Å². The van der Waals surface area contributed by atoms with Crippen LogP contribution in [0.15, 0.2) is 42.5 Å². The minimum absolute atomic E-state index is 0.0975. The summed E-state index contributed by atoms with van der Waals surface area (Å²) >= 11 is 0. The Kier molecular flexibility index (Phi) is 4.15. The van der Waals surface area contributed by atoms with Crippen LogP contribution in [0.4, 0.5) is 5.69 Å². The topological polar surface area (TPSA) is 87.9 Å². The summed E-state index contributed by atoms with van der Waals surface area (Å²) in [5.41, 5.74) is 0.912. The number of hydrogen-bond donors (Lipinski definition) is 0. The molecular formula is C17H13NO6. The highest BCUT2D eigenvalue weighted by molar-refractivity contribution is 6.22. The maximum Gasteiger partial charge on any atom is 0.338 e. The van der Waals surface area contributed by atoms with Gasteiger partial charge in [-0.25, -0.2) is 4.79 Å². The number of carbonyl (C=O) groups excluding carboxylic acids is 1. The fourth-order valence-electron chi connectivity index (χ4n) is 2.37. The fourth-order valence-corrected chi connectivity index (χ4v) is 2.37. The van der Waals surface area contributed by atoms with Crippen LogP contribution in [0.2, 0.25) is 0 Å². The molecule has 24 heavy (non-hydrogen) atoms. The van der Waals surface area contributed by atoms with Crippen molar-refractivity contribution in [1.29, 1.82) is 0 Å². The Hall–Kier alpha value is -3.35. The number of hydrogen-bond acceptors (Lipinski definition) is 6.